The van der Waals surface area contributed by atoms with Crippen LogP contribution in [0.1, 0.15) is 40.2 Å². The summed E-state index contributed by atoms with van der Waals surface area (Å²) in [5.74, 6) is 6.15. The molecular formula is C25H24INO3S2. The molecule has 0 N–H and O–H groups in total. The number of pyridine rings is 1. The third-order valence-electron chi connectivity index (χ3n) is 4.52. The van der Waals surface area contributed by atoms with E-state index in [1.807, 2.05) is 54.2 Å². The standard InChI is InChI=1S/C25H24NO3S2.HI/c1-4-6-16-30-25-22(26-14-12-18(3)13-15-26)20(17-21(27)29-5-2)24(31-25)23(28)19-10-8-7-9-11-19;/h7-15H,5,16-17H2,1-3H3;1H/q+1;/p-1. The van der Waals surface area contributed by atoms with Gasteiger partial charge in [-0.05, 0) is 26.3 Å². The minimum absolute atomic E-state index is 0. The molecule has 0 bridgehead atoms. The molecule has 0 saturated carbocycles. The Balaban J connectivity index is 0.00000363. The zero-order valence-electron chi connectivity index (χ0n) is 18.2. The van der Waals surface area contributed by atoms with Gasteiger partial charge in [-0.15, -0.1) is 17.3 Å². The van der Waals surface area contributed by atoms with Crippen molar-refractivity contribution in [3.63, 3.8) is 0 Å². The molecule has 2 heterocycles. The van der Waals surface area contributed by atoms with Crippen LogP contribution >= 0.6 is 23.1 Å². The van der Waals surface area contributed by atoms with Gasteiger partial charge in [-0.1, -0.05) is 48.0 Å². The number of halogens is 1. The molecule has 0 aliphatic heterocycles. The zero-order valence-corrected chi connectivity index (χ0v) is 22.0. The highest BCUT2D eigenvalue weighted by Gasteiger charge is 2.31. The summed E-state index contributed by atoms with van der Waals surface area (Å²) in [6.45, 7) is 5.91. The summed E-state index contributed by atoms with van der Waals surface area (Å²) in [6, 6.07) is 13.2. The van der Waals surface area contributed by atoms with E-state index in [0.29, 0.717) is 28.4 Å². The highest BCUT2D eigenvalue weighted by atomic mass is 127. The first-order chi connectivity index (χ1) is 15.0. The number of thioether (sulfide) groups is 1. The van der Waals surface area contributed by atoms with Crippen molar-refractivity contribution < 1.29 is 42.9 Å². The van der Waals surface area contributed by atoms with Gasteiger partial charge in [0.1, 0.15) is 4.21 Å². The molecule has 0 fully saturated rings. The smallest absolute Gasteiger partial charge is 0.310 e. The van der Waals surface area contributed by atoms with Crippen LogP contribution in [0.4, 0.5) is 0 Å². The van der Waals surface area contributed by atoms with Gasteiger partial charge in [0.25, 0.3) is 0 Å². The molecule has 2 aromatic heterocycles. The van der Waals surface area contributed by atoms with Gasteiger partial charge in [0, 0.05) is 17.7 Å². The van der Waals surface area contributed by atoms with Crippen molar-refractivity contribution in [1.82, 2.24) is 0 Å². The molecule has 0 unspecified atom stereocenters. The summed E-state index contributed by atoms with van der Waals surface area (Å²) in [7, 11) is 0. The molecule has 0 radical (unpaired) electrons. The second-order valence-electron chi connectivity index (χ2n) is 6.72. The predicted octanol–water partition coefficient (Wildman–Crippen LogP) is 1.79. The van der Waals surface area contributed by atoms with E-state index in [1.54, 1.807) is 37.7 Å². The third-order valence-corrected chi connectivity index (χ3v) is 6.89. The molecule has 0 saturated heterocycles. The second-order valence-corrected chi connectivity index (χ2v) is 8.99. The Morgan fingerprint density at radius 3 is 2.44 bits per heavy atom. The predicted molar refractivity (Wildman–Crippen MR) is 125 cm³/mol. The van der Waals surface area contributed by atoms with Gasteiger partial charge in [0.15, 0.2) is 12.4 Å². The Hall–Kier alpha value is -2.15. The summed E-state index contributed by atoms with van der Waals surface area (Å²) < 4.78 is 8.15. The van der Waals surface area contributed by atoms with E-state index >= 15 is 0 Å². The first kappa shape index (κ1) is 26.1. The number of carbonyl (C=O) groups excluding carboxylic acids is 2. The van der Waals surface area contributed by atoms with Crippen LogP contribution in [0.3, 0.4) is 0 Å². The van der Waals surface area contributed by atoms with Gasteiger partial charge < -0.3 is 28.7 Å². The molecule has 7 heteroatoms. The summed E-state index contributed by atoms with van der Waals surface area (Å²) >= 11 is 2.99. The number of esters is 1. The van der Waals surface area contributed by atoms with Crippen LogP contribution in [0.15, 0.2) is 59.1 Å². The lowest BCUT2D eigenvalue weighted by Crippen LogP contribution is -3.00. The zero-order chi connectivity index (χ0) is 22.2. The molecule has 1 aromatic carbocycles. The highest BCUT2D eigenvalue weighted by Crippen LogP contribution is 2.38. The van der Waals surface area contributed by atoms with Crippen molar-refractivity contribution >= 4 is 34.9 Å². The van der Waals surface area contributed by atoms with Crippen LogP contribution in [0.5, 0.6) is 0 Å². The van der Waals surface area contributed by atoms with Crippen molar-refractivity contribution in [2.24, 2.45) is 0 Å². The molecule has 0 atom stereocenters. The van der Waals surface area contributed by atoms with Crippen molar-refractivity contribution in [3.05, 3.63) is 76.4 Å². The number of rotatable bonds is 8. The van der Waals surface area contributed by atoms with Crippen molar-refractivity contribution in [3.8, 4) is 17.5 Å². The maximum atomic E-state index is 13.4. The average Bonchev–Trinajstić information content (AvgIpc) is 3.12. The quantitative estimate of drug-likeness (QED) is 0.102. The van der Waals surface area contributed by atoms with Gasteiger partial charge >= 0.3 is 5.97 Å². The number of ether oxygens (including phenoxy) is 1. The molecule has 3 rings (SSSR count). The average molecular weight is 578 g/mol. The molecule has 4 nitrogen and oxygen atoms in total. The topological polar surface area (TPSA) is 47.3 Å². The highest BCUT2D eigenvalue weighted by molar-refractivity contribution is 8.01. The second kappa shape index (κ2) is 12.8. The summed E-state index contributed by atoms with van der Waals surface area (Å²) in [4.78, 5) is 26.4. The molecule has 166 valence electrons. The number of hydrogen-bond donors (Lipinski definition) is 0. The largest absolute Gasteiger partial charge is 1.00 e. The van der Waals surface area contributed by atoms with Crippen molar-refractivity contribution in [2.75, 3.05) is 12.4 Å². The van der Waals surface area contributed by atoms with Crippen LogP contribution in [-0.4, -0.2) is 24.1 Å². The lowest BCUT2D eigenvalue weighted by atomic mass is 10.0. The van der Waals surface area contributed by atoms with E-state index in [9.17, 15) is 9.59 Å². The minimum atomic E-state index is -0.346. The number of benzene rings is 1. The Labute approximate surface area is 214 Å². The fraction of sp³-hybridized carbons (Fsp3) is 0.240. The van der Waals surface area contributed by atoms with Crippen LogP contribution in [-0.2, 0) is 16.0 Å². The SMILES string of the molecule is CC#CCSc1sc(C(=O)c2ccccc2)c(CC(=O)OCC)c1-[n+]1ccc(C)cc1.[I-]. The first-order valence-electron chi connectivity index (χ1n) is 9.96. The summed E-state index contributed by atoms with van der Waals surface area (Å²) in [6.07, 6.45) is 3.95. The van der Waals surface area contributed by atoms with E-state index in [-0.39, 0.29) is 42.2 Å². The van der Waals surface area contributed by atoms with Crippen LogP contribution in [0.25, 0.3) is 5.69 Å². The van der Waals surface area contributed by atoms with Gasteiger partial charge in [-0.25, -0.2) is 0 Å². The minimum Gasteiger partial charge on any atom is -1.00 e. The van der Waals surface area contributed by atoms with E-state index in [4.69, 9.17) is 4.74 Å². The number of ketones is 1. The maximum Gasteiger partial charge on any atom is 0.310 e. The number of aryl methyl sites for hydroxylation is 1. The van der Waals surface area contributed by atoms with Gasteiger partial charge in [-0.3, -0.25) is 9.59 Å². The normalized spacial score (nSPS) is 9.97. The van der Waals surface area contributed by atoms with E-state index in [0.717, 1.165) is 15.5 Å². The monoisotopic (exact) mass is 577 g/mol. The van der Waals surface area contributed by atoms with Crippen LogP contribution in [0, 0.1) is 18.8 Å². The maximum absolute atomic E-state index is 13.4. The Kier molecular flexibility index (Phi) is 10.4. The molecule has 3 aromatic rings. The number of aromatic nitrogens is 1. The van der Waals surface area contributed by atoms with Crippen molar-refractivity contribution in [1.29, 1.82) is 0 Å². The number of thiophene rings is 1. The van der Waals surface area contributed by atoms with Crippen LogP contribution < -0.4 is 28.5 Å². The first-order valence-corrected chi connectivity index (χ1v) is 11.8. The fourth-order valence-electron chi connectivity index (χ4n) is 3.04. The fourth-order valence-corrected chi connectivity index (χ4v) is 5.43. The van der Waals surface area contributed by atoms with E-state index in [2.05, 4.69) is 11.8 Å². The Bertz CT molecular complexity index is 1130. The Morgan fingerprint density at radius 1 is 1.12 bits per heavy atom. The molecule has 0 spiro atoms. The summed E-state index contributed by atoms with van der Waals surface area (Å²) in [5, 5.41) is 0. The lowest BCUT2D eigenvalue weighted by Gasteiger charge is -2.05. The number of carbonyl (C=O) groups is 2. The van der Waals surface area contributed by atoms with E-state index in [1.165, 1.54) is 11.3 Å². The molecule has 0 aliphatic rings. The number of nitrogens with zero attached hydrogens (tertiary/aromatic N) is 1. The summed E-state index contributed by atoms with van der Waals surface area (Å²) in [5.41, 5.74) is 3.27. The molecule has 0 amide bonds. The lowest BCUT2D eigenvalue weighted by molar-refractivity contribution is -0.598. The Morgan fingerprint density at radius 2 is 1.81 bits per heavy atom. The number of hydrogen-bond acceptors (Lipinski definition) is 5. The van der Waals surface area contributed by atoms with Crippen molar-refractivity contribution in [2.45, 2.75) is 31.4 Å². The van der Waals surface area contributed by atoms with E-state index < -0.39 is 0 Å². The molecule has 0 aliphatic carbocycles. The van der Waals surface area contributed by atoms with Gasteiger partial charge in [0.2, 0.25) is 11.5 Å². The van der Waals surface area contributed by atoms with Crippen LogP contribution in [0.2, 0.25) is 0 Å². The van der Waals surface area contributed by atoms with Gasteiger partial charge in [-0.2, -0.15) is 4.57 Å². The third kappa shape index (κ3) is 6.44. The van der Waals surface area contributed by atoms with Gasteiger partial charge in [0.05, 0.1) is 29.2 Å². The molecular weight excluding hydrogens is 553 g/mol. The molecule has 32 heavy (non-hydrogen) atoms.